The third-order valence-corrected chi connectivity index (χ3v) is 3.76. The number of nitrogens with zero attached hydrogens (tertiary/aromatic N) is 1. The highest BCUT2D eigenvalue weighted by Crippen LogP contribution is 2.39. The van der Waals surface area contributed by atoms with Crippen molar-refractivity contribution in [1.82, 2.24) is 4.98 Å². The van der Waals surface area contributed by atoms with E-state index in [1.807, 2.05) is 0 Å². The van der Waals surface area contributed by atoms with Crippen LogP contribution in [0.1, 0.15) is 17.4 Å². The van der Waals surface area contributed by atoms with Crippen LogP contribution in [0.2, 0.25) is 0 Å². The van der Waals surface area contributed by atoms with Gasteiger partial charge in [0.2, 0.25) is 0 Å². The third kappa shape index (κ3) is 3.11. The van der Waals surface area contributed by atoms with Crippen molar-refractivity contribution in [1.29, 1.82) is 0 Å². The predicted octanol–water partition coefficient (Wildman–Crippen LogP) is 2.95. The summed E-state index contributed by atoms with van der Waals surface area (Å²) in [4.78, 5) is 4.20. The standard InChI is InChI=1S/C15H16BrNO4/c1-19-11-5-4-6-17-14(11)15(18)9-7-12(20-2)13(21-3)8-10(9)16/h4-8,15,18H,1-3H3. The van der Waals surface area contributed by atoms with Crippen LogP contribution in [-0.4, -0.2) is 31.4 Å². The summed E-state index contributed by atoms with van der Waals surface area (Å²) in [6, 6.07) is 6.95. The molecule has 1 atom stereocenters. The van der Waals surface area contributed by atoms with Crippen molar-refractivity contribution in [3.8, 4) is 17.2 Å². The highest BCUT2D eigenvalue weighted by Gasteiger charge is 2.21. The Kier molecular flexibility index (Phi) is 5.03. The minimum absolute atomic E-state index is 0.438. The van der Waals surface area contributed by atoms with Crippen molar-refractivity contribution in [3.05, 3.63) is 46.2 Å². The van der Waals surface area contributed by atoms with Gasteiger partial charge in [-0.3, -0.25) is 4.98 Å². The monoisotopic (exact) mass is 353 g/mol. The Morgan fingerprint density at radius 2 is 1.67 bits per heavy atom. The van der Waals surface area contributed by atoms with Crippen molar-refractivity contribution >= 4 is 15.9 Å². The van der Waals surface area contributed by atoms with Crippen LogP contribution in [0.5, 0.6) is 17.2 Å². The Morgan fingerprint density at radius 1 is 1.05 bits per heavy atom. The average molecular weight is 354 g/mol. The average Bonchev–Trinajstić information content (AvgIpc) is 2.53. The molecular weight excluding hydrogens is 338 g/mol. The molecule has 1 unspecified atom stereocenters. The fourth-order valence-electron chi connectivity index (χ4n) is 2.01. The first-order valence-electron chi connectivity index (χ1n) is 6.20. The Hall–Kier alpha value is -1.79. The van der Waals surface area contributed by atoms with Crippen molar-refractivity contribution in [2.75, 3.05) is 21.3 Å². The molecule has 0 radical (unpaired) electrons. The molecule has 0 bridgehead atoms. The Bertz CT molecular complexity index is 633. The molecule has 0 saturated heterocycles. The minimum atomic E-state index is -0.949. The number of pyridine rings is 1. The number of benzene rings is 1. The molecule has 1 heterocycles. The molecule has 0 aliphatic carbocycles. The van der Waals surface area contributed by atoms with Crippen LogP contribution in [0.15, 0.2) is 34.9 Å². The molecule has 0 saturated carbocycles. The molecule has 2 aromatic rings. The lowest BCUT2D eigenvalue weighted by Gasteiger charge is -2.17. The second kappa shape index (κ2) is 6.78. The number of hydrogen-bond donors (Lipinski definition) is 1. The van der Waals surface area contributed by atoms with Crippen LogP contribution in [0.3, 0.4) is 0 Å². The van der Waals surface area contributed by atoms with Crippen LogP contribution in [0, 0.1) is 0 Å². The van der Waals surface area contributed by atoms with Gasteiger partial charge in [0.25, 0.3) is 0 Å². The summed E-state index contributed by atoms with van der Waals surface area (Å²) in [5.74, 6) is 1.63. The van der Waals surface area contributed by atoms with Gasteiger partial charge >= 0.3 is 0 Å². The topological polar surface area (TPSA) is 60.8 Å². The number of aliphatic hydroxyl groups is 1. The van der Waals surface area contributed by atoms with Crippen LogP contribution in [-0.2, 0) is 0 Å². The number of aromatic nitrogens is 1. The van der Waals surface area contributed by atoms with Crippen LogP contribution < -0.4 is 14.2 Å². The zero-order valence-electron chi connectivity index (χ0n) is 12.0. The van der Waals surface area contributed by atoms with E-state index in [1.165, 1.54) is 7.11 Å². The molecule has 0 fully saturated rings. The van der Waals surface area contributed by atoms with Crippen molar-refractivity contribution in [2.45, 2.75) is 6.10 Å². The Balaban J connectivity index is 2.50. The van der Waals surface area contributed by atoms with Gasteiger partial charge in [0.05, 0.1) is 21.3 Å². The minimum Gasteiger partial charge on any atom is -0.495 e. The zero-order chi connectivity index (χ0) is 15.4. The lowest BCUT2D eigenvalue weighted by atomic mass is 10.0. The van der Waals surface area contributed by atoms with E-state index < -0.39 is 6.10 Å². The number of methoxy groups -OCH3 is 3. The fraction of sp³-hybridized carbons (Fsp3) is 0.267. The lowest BCUT2D eigenvalue weighted by molar-refractivity contribution is 0.207. The maximum Gasteiger partial charge on any atom is 0.161 e. The van der Waals surface area contributed by atoms with Crippen molar-refractivity contribution in [2.24, 2.45) is 0 Å². The summed E-state index contributed by atoms with van der Waals surface area (Å²) in [6.07, 6.45) is 0.658. The Labute approximate surface area is 131 Å². The molecule has 6 heteroatoms. The van der Waals surface area contributed by atoms with E-state index in [-0.39, 0.29) is 0 Å². The van der Waals surface area contributed by atoms with E-state index in [2.05, 4.69) is 20.9 Å². The van der Waals surface area contributed by atoms with Gasteiger partial charge in [-0.2, -0.15) is 0 Å². The van der Waals surface area contributed by atoms with Crippen LogP contribution in [0.4, 0.5) is 0 Å². The first kappa shape index (κ1) is 15.6. The van der Waals surface area contributed by atoms with Gasteiger partial charge in [0.15, 0.2) is 11.5 Å². The van der Waals surface area contributed by atoms with E-state index in [9.17, 15) is 5.11 Å². The summed E-state index contributed by atoms with van der Waals surface area (Å²) in [5, 5.41) is 10.6. The van der Waals surface area contributed by atoms with E-state index in [1.54, 1.807) is 44.7 Å². The summed E-state index contributed by atoms with van der Waals surface area (Å²) in [5.41, 5.74) is 1.05. The van der Waals surface area contributed by atoms with E-state index in [0.29, 0.717) is 33.0 Å². The highest BCUT2D eigenvalue weighted by atomic mass is 79.9. The second-order valence-corrected chi connectivity index (χ2v) is 5.08. The number of ether oxygens (including phenoxy) is 3. The van der Waals surface area contributed by atoms with Gasteiger partial charge in [-0.05, 0) is 24.3 Å². The molecule has 1 N–H and O–H groups in total. The molecule has 0 amide bonds. The molecule has 1 aromatic heterocycles. The molecule has 2 rings (SSSR count). The zero-order valence-corrected chi connectivity index (χ0v) is 13.5. The van der Waals surface area contributed by atoms with Gasteiger partial charge in [0.1, 0.15) is 17.5 Å². The smallest absolute Gasteiger partial charge is 0.161 e. The van der Waals surface area contributed by atoms with Crippen molar-refractivity contribution in [3.63, 3.8) is 0 Å². The molecule has 112 valence electrons. The maximum atomic E-state index is 10.6. The first-order valence-corrected chi connectivity index (χ1v) is 7.00. The van der Waals surface area contributed by atoms with Gasteiger partial charge < -0.3 is 19.3 Å². The van der Waals surface area contributed by atoms with Gasteiger partial charge in [-0.15, -0.1) is 0 Å². The number of hydrogen-bond acceptors (Lipinski definition) is 5. The summed E-state index contributed by atoms with van der Waals surface area (Å²) in [7, 11) is 4.64. The predicted molar refractivity (Wildman–Crippen MR) is 82.1 cm³/mol. The largest absolute Gasteiger partial charge is 0.495 e. The van der Waals surface area contributed by atoms with Gasteiger partial charge in [-0.25, -0.2) is 0 Å². The molecule has 21 heavy (non-hydrogen) atoms. The van der Waals surface area contributed by atoms with Crippen molar-refractivity contribution < 1.29 is 19.3 Å². The van der Waals surface area contributed by atoms with E-state index in [4.69, 9.17) is 14.2 Å². The lowest BCUT2D eigenvalue weighted by Crippen LogP contribution is -2.06. The summed E-state index contributed by atoms with van der Waals surface area (Å²) >= 11 is 3.43. The van der Waals surface area contributed by atoms with Crippen LogP contribution in [0.25, 0.3) is 0 Å². The molecule has 0 aliphatic heterocycles. The summed E-state index contributed by atoms with van der Waals surface area (Å²) < 4.78 is 16.4. The molecule has 0 aliphatic rings. The highest BCUT2D eigenvalue weighted by molar-refractivity contribution is 9.10. The summed E-state index contributed by atoms with van der Waals surface area (Å²) in [6.45, 7) is 0. The quantitative estimate of drug-likeness (QED) is 0.895. The normalized spacial score (nSPS) is 11.9. The number of rotatable bonds is 5. The second-order valence-electron chi connectivity index (χ2n) is 4.22. The fourth-order valence-corrected chi connectivity index (χ4v) is 2.55. The van der Waals surface area contributed by atoms with Gasteiger partial charge in [-0.1, -0.05) is 15.9 Å². The van der Waals surface area contributed by atoms with E-state index >= 15 is 0 Å². The number of halogens is 1. The molecule has 0 spiro atoms. The number of aliphatic hydroxyl groups excluding tert-OH is 1. The molecule has 5 nitrogen and oxygen atoms in total. The molecule has 1 aromatic carbocycles. The third-order valence-electron chi connectivity index (χ3n) is 3.08. The maximum absolute atomic E-state index is 10.6. The van der Waals surface area contributed by atoms with Crippen LogP contribution >= 0.6 is 15.9 Å². The van der Waals surface area contributed by atoms with Gasteiger partial charge in [0, 0.05) is 16.2 Å². The molecular formula is C15H16BrNO4. The SMILES string of the molecule is COc1cc(Br)c(C(O)c2ncccc2OC)cc1OC. The van der Waals surface area contributed by atoms with E-state index in [0.717, 1.165) is 0 Å². The Morgan fingerprint density at radius 3 is 2.29 bits per heavy atom. The first-order chi connectivity index (χ1) is 10.1.